The predicted octanol–water partition coefficient (Wildman–Crippen LogP) is 2.62. The smallest absolute Gasteiger partial charge is 0.303 e. The summed E-state index contributed by atoms with van der Waals surface area (Å²) < 4.78 is 26.9. The molecule has 1 aromatic carbocycles. The summed E-state index contributed by atoms with van der Waals surface area (Å²) in [4.78, 5) is 38.3. The molecule has 12 heteroatoms. The summed E-state index contributed by atoms with van der Waals surface area (Å²) in [7, 11) is 1.54. The molecule has 1 aromatic rings. The molecule has 0 amide bonds. The molecule has 1 aliphatic heterocycles. The average Bonchev–Trinajstić information content (AvgIpc) is 2.70. The molecule has 11 nitrogen and oxygen atoms in total. The minimum atomic E-state index is -1.13. The highest BCUT2D eigenvalue weighted by molar-refractivity contribution is 7.99. The van der Waals surface area contributed by atoms with Crippen molar-refractivity contribution in [3.8, 4) is 5.75 Å². The van der Waals surface area contributed by atoms with E-state index in [9.17, 15) is 14.4 Å². The van der Waals surface area contributed by atoms with Gasteiger partial charge in [-0.15, -0.1) is 0 Å². The van der Waals surface area contributed by atoms with Crippen molar-refractivity contribution in [3.05, 3.63) is 34.7 Å². The van der Waals surface area contributed by atoms with Gasteiger partial charge in [-0.05, 0) is 29.8 Å². The second kappa shape index (κ2) is 11.4. The second-order valence-electron chi connectivity index (χ2n) is 6.48. The van der Waals surface area contributed by atoms with Crippen LogP contribution in [-0.2, 0) is 33.3 Å². The average molecular weight is 453 g/mol. The molecule has 0 spiro atoms. The Morgan fingerprint density at radius 1 is 1.06 bits per heavy atom. The van der Waals surface area contributed by atoms with Gasteiger partial charge in [0.1, 0.15) is 42.1 Å². The van der Waals surface area contributed by atoms with Gasteiger partial charge in [-0.2, -0.15) is 0 Å². The van der Waals surface area contributed by atoms with Gasteiger partial charge in [0, 0.05) is 30.6 Å². The Morgan fingerprint density at radius 3 is 2.19 bits per heavy atom. The topological polar surface area (TPSA) is 146 Å². The second-order valence-corrected chi connectivity index (χ2v) is 7.65. The van der Waals surface area contributed by atoms with E-state index in [1.54, 1.807) is 31.4 Å². The number of esters is 3. The number of rotatable bonds is 8. The summed E-state index contributed by atoms with van der Waals surface area (Å²) in [6.07, 6.45) is -3.16. The highest BCUT2D eigenvalue weighted by Gasteiger charge is 2.50. The zero-order chi connectivity index (χ0) is 23.0. The molecule has 0 unspecified atom stereocenters. The van der Waals surface area contributed by atoms with Crippen molar-refractivity contribution < 1.29 is 38.1 Å². The molecule has 31 heavy (non-hydrogen) atoms. The Labute approximate surface area is 182 Å². The van der Waals surface area contributed by atoms with Gasteiger partial charge in [-0.1, -0.05) is 16.9 Å². The first kappa shape index (κ1) is 24.3. The summed E-state index contributed by atoms with van der Waals surface area (Å²) in [5.41, 5.74) is 8.24. The number of ether oxygens (including phenoxy) is 5. The molecule has 1 aliphatic rings. The van der Waals surface area contributed by atoms with E-state index in [-0.39, 0.29) is 6.61 Å². The van der Waals surface area contributed by atoms with Crippen molar-refractivity contribution in [1.82, 2.24) is 0 Å². The Balaban J connectivity index is 2.40. The van der Waals surface area contributed by atoms with E-state index >= 15 is 0 Å². The van der Waals surface area contributed by atoms with E-state index in [0.717, 1.165) is 4.90 Å². The fourth-order valence-corrected chi connectivity index (χ4v) is 4.07. The lowest BCUT2D eigenvalue weighted by atomic mass is 9.97. The van der Waals surface area contributed by atoms with Crippen molar-refractivity contribution in [2.24, 2.45) is 5.11 Å². The number of nitrogens with zero attached hydrogens (tertiary/aromatic N) is 3. The van der Waals surface area contributed by atoms with Crippen molar-refractivity contribution >= 4 is 29.7 Å². The third-order valence-corrected chi connectivity index (χ3v) is 5.32. The van der Waals surface area contributed by atoms with Crippen LogP contribution in [0.2, 0.25) is 0 Å². The standard InChI is InChI=1S/C19H23N3O8S/c1-10(23)27-9-15-17(28-11(2)24)16(21-22-20)18(29-12(3)25)19(30-15)31-14-7-5-13(26-4)6-8-14/h5-8,15-19H,9H2,1-4H3/t15-,16+,17+,18-,19-/m1/s1. The van der Waals surface area contributed by atoms with Crippen LogP contribution in [-0.4, -0.2) is 61.4 Å². The lowest BCUT2D eigenvalue weighted by molar-refractivity contribution is -0.201. The molecule has 1 fully saturated rings. The summed E-state index contributed by atoms with van der Waals surface area (Å²) in [5.74, 6) is -1.21. The number of hydrogen-bond donors (Lipinski definition) is 0. The summed E-state index contributed by atoms with van der Waals surface area (Å²) in [6, 6.07) is 5.94. The normalized spacial score (nSPS) is 25.0. The number of hydrogen-bond acceptors (Lipinski definition) is 10. The van der Waals surface area contributed by atoms with E-state index < -0.39 is 47.7 Å². The van der Waals surface area contributed by atoms with Crippen LogP contribution in [0.1, 0.15) is 20.8 Å². The Kier molecular flexibility index (Phi) is 8.98. The molecule has 0 N–H and O–H groups in total. The van der Waals surface area contributed by atoms with Crippen LogP contribution < -0.4 is 4.74 Å². The maximum atomic E-state index is 11.8. The minimum Gasteiger partial charge on any atom is -0.497 e. The largest absolute Gasteiger partial charge is 0.497 e. The van der Waals surface area contributed by atoms with Gasteiger partial charge in [0.2, 0.25) is 0 Å². The van der Waals surface area contributed by atoms with Gasteiger partial charge in [0.05, 0.1) is 7.11 Å². The quantitative estimate of drug-likeness (QED) is 0.190. The van der Waals surface area contributed by atoms with E-state index in [0.29, 0.717) is 5.75 Å². The summed E-state index contributed by atoms with van der Waals surface area (Å²) >= 11 is 1.20. The summed E-state index contributed by atoms with van der Waals surface area (Å²) in [5, 5.41) is 3.72. The third kappa shape index (κ3) is 7.06. The number of carbonyl (C=O) groups is 3. The van der Waals surface area contributed by atoms with Gasteiger partial charge in [-0.25, -0.2) is 0 Å². The maximum absolute atomic E-state index is 11.8. The molecule has 0 aromatic heterocycles. The number of carbonyl (C=O) groups excluding carboxylic acids is 3. The molecule has 1 heterocycles. The third-order valence-electron chi connectivity index (χ3n) is 4.17. The van der Waals surface area contributed by atoms with Crippen LogP contribution in [0.25, 0.3) is 10.4 Å². The number of methoxy groups -OCH3 is 1. The van der Waals surface area contributed by atoms with Gasteiger partial charge in [-0.3, -0.25) is 14.4 Å². The fraction of sp³-hybridized carbons (Fsp3) is 0.526. The van der Waals surface area contributed by atoms with E-state index in [4.69, 9.17) is 29.2 Å². The van der Waals surface area contributed by atoms with Crippen LogP contribution in [0.3, 0.4) is 0 Å². The predicted molar refractivity (Wildman–Crippen MR) is 108 cm³/mol. The monoisotopic (exact) mass is 453 g/mol. The van der Waals surface area contributed by atoms with Crippen LogP contribution >= 0.6 is 11.8 Å². The Bertz CT molecular complexity index is 843. The first-order valence-corrected chi connectivity index (χ1v) is 10.1. The van der Waals surface area contributed by atoms with Crippen molar-refractivity contribution in [3.63, 3.8) is 0 Å². The van der Waals surface area contributed by atoms with Gasteiger partial charge < -0.3 is 23.7 Å². The van der Waals surface area contributed by atoms with Crippen LogP contribution in [0.5, 0.6) is 5.75 Å². The molecule has 1 saturated heterocycles. The number of benzene rings is 1. The summed E-state index contributed by atoms with van der Waals surface area (Å²) in [6.45, 7) is 3.35. The van der Waals surface area contributed by atoms with Crippen molar-refractivity contribution in [1.29, 1.82) is 0 Å². The van der Waals surface area contributed by atoms with E-state index in [1.165, 1.54) is 32.5 Å². The SMILES string of the molecule is COc1ccc(S[C@H]2O[C@H](COC(C)=O)[C@H](OC(C)=O)[C@H](N=[N+]=[N-])[C@H]2OC(C)=O)cc1. The van der Waals surface area contributed by atoms with Gasteiger partial charge in [0.15, 0.2) is 0 Å². The van der Waals surface area contributed by atoms with Gasteiger partial charge >= 0.3 is 17.9 Å². The van der Waals surface area contributed by atoms with Gasteiger partial charge in [0.25, 0.3) is 0 Å². The molecule has 0 bridgehead atoms. The Hall–Kier alpha value is -2.95. The van der Waals surface area contributed by atoms with Crippen LogP contribution in [0.15, 0.2) is 34.3 Å². The number of azide groups is 1. The molecular weight excluding hydrogens is 430 g/mol. The zero-order valence-electron chi connectivity index (χ0n) is 17.4. The lowest BCUT2D eigenvalue weighted by Gasteiger charge is -2.43. The molecule has 2 rings (SSSR count). The van der Waals surface area contributed by atoms with E-state index in [2.05, 4.69) is 10.0 Å². The van der Waals surface area contributed by atoms with Crippen molar-refractivity contribution in [2.45, 2.75) is 55.5 Å². The van der Waals surface area contributed by atoms with Crippen LogP contribution in [0.4, 0.5) is 0 Å². The molecule has 168 valence electrons. The van der Waals surface area contributed by atoms with Crippen molar-refractivity contribution in [2.75, 3.05) is 13.7 Å². The highest BCUT2D eigenvalue weighted by atomic mass is 32.2. The fourth-order valence-electron chi connectivity index (χ4n) is 2.96. The lowest BCUT2D eigenvalue weighted by Crippen LogP contribution is -2.59. The Morgan fingerprint density at radius 2 is 1.68 bits per heavy atom. The first-order valence-electron chi connectivity index (χ1n) is 9.23. The number of thioether (sulfide) groups is 1. The minimum absolute atomic E-state index is 0.253. The molecule has 0 radical (unpaired) electrons. The molecular formula is C19H23N3O8S. The molecule has 5 atom stereocenters. The maximum Gasteiger partial charge on any atom is 0.303 e. The zero-order valence-corrected chi connectivity index (χ0v) is 18.2. The van der Waals surface area contributed by atoms with Crippen LogP contribution in [0, 0.1) is 0 Å². The molecule has 0 saturated carbocycles. The molecule has 0 aliphatic carbocycles. The van der Waals surface area contributed by atoms with E-state index in [1.807, 2.05) is 0 Å². The highest BCUT2D eigenvalue weighted by Crippen LogP contribution is 2.38. The first-order chi connectivity index (χ1) is 14.7.